The van der Waals surface area contributed by atoms with Crippen LogP contribution in [0.5, 0.6) is 11.5 Å². The molecule has 1 atom stereocenters. The van der Waals surface area contributed by atoms with Gasteiger partial charge >= 0.3 is 0 Å². The van der Waals surface area contributed by atoms with Crippen LogP contribution < -0.4 is 29.7 Å². The predicted molar refractivity (Wildman–Crippen MR) is 184 cm³/mol. The fraction of sp³-hybridized carbons (Fsp3) is 0.147. The lowest BCUT2D eigenvalue weighted by Crippen LogP contribution is -2.40. The third-order valence-corrected chi connectivity index (χ3v) is 9.91. The van der Waals surface area contributed by atoms with Gasteiger partial charge in [0.2, 0.25) is 0 Å². The van der Waals surface area contributed by atoms with Gasteiger partial charge in [0.15, 0.2) is 4.80 Å². The summed E-state index contributed by atoms with van der Waals surface area (Å²) in [4.78, 5) is 34.0. The molecule has 0 spiro atoms. The molecule has 0 radical (unpaired) electrons. The Bertz CT molecular complexity index is 2060. The van der Waals surface area contributed by atoms with Crippen molar-refractivity contribution < 1.29 is 14.3 Å². The van der Waals surface area contributed by atoms with Crippen molar-refractivity contribution in [1.82, 2.24) is 4.57 Å². The Balaban J connectivity index is 1.38. The number of rotatable bonds is 8. The van der Waals surface area contributed by atoms with Gasteiger partial charge in [-0.25, -0.2) is 4.99 Å². The molecule has 7 nitrogen and oxygen atoms in total. The number of fused-ring (bicyclic) bond motifs is 1. The molecular weight excluding hydrogens is 705 g/mol. The van der Waals surface area contributed by atoms with Crippen LogP contribution in [-0.4, -0.2) is 17.6 Å². The predicted octanol–water partition coefficient (Wildman–Crippen LogP) is 6.44. The van der Waals surface area contributed by atoms with Gasteiger partial charge in [-0.05, 0) is 108 Å². The van der Waals surface area contributed by atoms with E-state index in [0.717, 1.165) is 36.6 Å². The number of benzene rings is 3. The number of thiophene rings is 1. The molecule has 1 amide bonds. The lowest BCUT2D eigenvalue weighted by molar-refractivity contribution is -0.113. The van der Waals surface area contributed by atoms with Crippen LogP contribution in [-0.2, 0) is 11.4 Å². The van der Waals surface area contributed by atoms with Crippen molar-refractivity contribution in [2.24, 2.45) is 4.99 Å². The third kappa shape index (κ3) is 6.15. The van der Waals surface area contributed by atoms with Crippen LogP contribution in [0, 0.1) is 10.5 Å². The number of carbonyl (C=O) groups excluding carboxylic acids is 1. The molecule has 10 heteroatoms. The van der Waals surface area contributed by atoms with Crippen molar-refractivity contribution in [3.63, 3.8) is 0 Å². The monoisotopic (exact) mass is 733 g/mol. The SMILES string of the molecule is COc1ccc(/C=c2/sc3n(c2=O)C(c2cccs2)C(C(=O)Nc2ccccc2C)=C(C)N=3)cc1COc1ccc(I)cc1. The summed E-state index contributed by atoms with van der Waals surface area (Å²) in [7, 11) is 1.63. The van der Waals surface area contributed by atoms with Gasteiger partial charge in [-0.3, -0.25) is 14.2 Å². The lowest BCUT2D eigenvalue weighted by Gasteiger charge is -2.24. The van der Waals surface area contributed by atoms with Crippen LogP contribution in [0.25, 0.3) is 6.08 Å². The molecule has 0 fully saturated rings. The summed E-state index contributed by atoms with van der Waals surface area (Å²) < 4.78 is 14.9. The van der Waals surface area contributed by atoms with Gasteiger partial charge in [0.05, 0.1) is 22.9 Å². The first-order chi connectivity index (χ1) is 21.3. The second kappa shape index (κ2) is 12.9. The smallest absolute Gasteiger partial charge is 0.271 e. The largest absolute Gasteiger partial charge is 0.496 e. The Morgan fingerprint density at radius 1 is 1.07 bits per heavy atom. The fourth-order valence-electron chi connectivity index (χ4n) is 5.07. The molecule has 0 saturated carbocycles. The number of amides is 1. The summed E-state index contributed by atoms with van der Waals surface area (Å²) in [5.74, 6) is 1.19. The van der Waals surface area contributed by atoms with E-state index in [-0.39, 0.29) is 11.5 Å². The van der Waals surface area contributed by atoms with E-state index in [4.69, 9.17) is 14.5 Å². The van der Waals surface area contributed by atoms with Crippen LogP contribution in [0.4, 0.5) is 5.69 Å². The highest BCUT2D eigenvalue weighted by molar-refractivity contribution is 14.1. The molecule has 1 aliphatic heterocycles. The van der Waals surface area contributed by atoms with Gasteiger partial charge in [0, 0.05) is 19.7 Å². The Morgan fingerprint density at radius 3 is 2.59 bits per heavy atom. The van der Waals surface area contributed by atoms with Gasteiger partial charge in [-0.1, -0.05) is 41.7 Å². The number of hydrogen-bond donors (Lipinski definition) is 1. The van der Waals surface area contributed by atoms with Gasteiger partial charge in [0.1, 0.15) is 24.1 Å². The van der Waals surface area contributed by atoms with E-state index >= 15 is 0 Å². The molecule has 0 saturated heterocycles. The number of thiazole rings is 1. The molecule has 0 aliphatic carbocycles. The van der Waals surface area contributed by atoms with E-state index in [1.807, 2.05) is 104 Å². The summed E-state index contributed by atoms with van der Waals surface area (Å²) in [5, 5.41) is 5.00. The minimum absolute atomic E-state index is 0.201. The number of nitrogens with one attached hydrogen (secondary N) is 1. The third-order valence-electron chi connectivity index (χ3n) is 7.28. The topological polar surface area (TPSA) is 81.9 Å². The van der Waals surface area contributed by atoms with E-state index < -0.39 is 6.04 Å². The highest BCUT2D eigenvalue weighted by Crippen LogP contribution is 2.33. The maximum absolute atomic E-state index is 14.0. The van der Waals surface area contributed by atoms with E-state index in [2.05, 4.69) is 27.9 Å². The van der Waals surface area contributed by atoms with Gasteiger partial charge in [-0.15, -0.1) is 11.3 Å². The van der Waals surface area contributed by atoms with Crippen LogP contribution in [0.15, 0.2) is 105 Å². The first-order valence-electron chi connectivity index (χ1n) is 13.8. The summed E-state index contributed by atoms with van der Waals surface area (Å²) in [5.41, 5.74) is 4.20. The zero-order valence-corrected chi connectivity index (χ0v) is 28.0. The second-order valence-corrected chi connectivity index (χ2v) is 13.4. The van der Waals surface area contributed by atoms with Crippen molar-refractivity contribution in [2.75, 3.05) is 12.4 Å². The first-order valence-corrected chi connectivity index (χ1v) is 16.6. The molecule has 0 bridgehead atoms. The van der Waals surface area contributed by atoms with Crippen molar-refractivity contribution in [3.8, 4) is 11.5 Å². The molecule has 44 heavy (non-hydrogen) atoms. The summed E-state index contributed by atoms with van der Waals surface area (Å²) >= 11 is 5.08. The molecule has 1 aliphatic rings. The van der Waals surface area contributed by atoms with Crippen LogP contribution >= 0.6 is 45.3 Å². The molecule has 222 valence electrons. The molecule has 6 rings (SSSR count). The number of para-hydroxylation sites is 1. The maximum atomic E-state index is 14.0. The molecule has 3 aromatic carbocycles. The number of ether oxygens (including phenoxy) is 2. The zero-order chi connectivity index (χ0) is 30.8. The Labute approximate surface area is 276 Å². The molecule has 1 N–H and O–H groups in total. The van der Waals surface area contributed by atoms with Crippen molar-refractivity contribution in [3.05, 3.63) is 140 Å². The maximum Gasteiger partial charge on any atom is 0.271 e. The Hall–Kier alpha value is -4.00. The van der Waals surface area contributed by atoms with E-state index in [9.17, 15) is 9.59 Å². The summed E-state index contributed by atoms with van der Waals surface area (Å²) in [6.45, 7) is 4.08. The fourth-order valence-corrected chi connectivity index (χ4v) is 7.30. The Kier molecular flexibility index (Phi) is 8.83. The number of hydrogen-bond acceptors (Lipinski definition) is 7. The van der Waals surface area contributed by atoms with Crippen LogP contribution in [0.3, 0.4) is 0 Å². The minimum atomic E-state index is -0.592. The van der Waals surface area contributed by atoms with Crippen molar-refractivity contribution >= 4 is 62.9 Å². The number of methoxy groups -OCH3 is 1. The number of nitrogens with zero attached hydrogens (tertiary/aromatic N) is 2. The van der Waals surface area contributed by atoms with Crippen molar-refractivity contribution in [2.45, 2.75) is 26.5 Å². The average molecular weight is 734 g/mol. The van der Waals surface area contributed by atoms with Gasteiger partial charge in [-0.2, -0.15) is 0 Å². The number of carbonyl (C=O) groups is 1. The molecule has 5 aromatic rings. The lowest BCUT2D eigenvalue weighted by atomic mass is 10.0. The quantitative estimate of drug-likeness (QED) is 0.187. The number of allylic oxidation sites excluding steroid dienone is 1. The molecule has 3 heterocycles. The number of halogens is 1. The zero-order valence-electron chi connectivity index (χ0n) is 24.2. The number of aryl methyl sites for hydroxylation is 1. The van der Waals surface area contributed by atoms with E-state index in [1.54, 1.807) is 11.7 Å². The standard InChI is InChI=1S/C34H28IN3O4S2/c1-20-7-4-5-8-26(20)37-32(39)30-21(2)36-34-38(31(30)28-9-6-16-43-28)33(40)29(44-34)18-22-10-15-27(41-3)23(17-22)19-42-25-13-11-24(35)12-14-25/h4-18,31H,19H2,1-3H3,(H,37,39)/b29-18+. The van der Waals surface area contributed by atoms with Crippen molar-refractivity contribution in [1.29, 1.82) is 0 Å². The van der Waals surface area contributed by atoms with Crippen LogP contribution in [0.2, 0.25) is 0 Å². The number of aromatic nitrogens is 1. The first kappa shape index (κ1) is 30.0. The molecule has 1 unspecified atom stereocenters. The van der Waals surface area contributed by atoms with Crippen LogP contribution in [0.1, 0.15) is 34.5 Å². The highest BCUT2D eigenvalue weighted by Gasteiger charge is 2.33. The average Bonchev–Trinajstić information content (AvgIpc) is 3.66. The van der Waals surface area contributed by atoms with Gasteiger partial charge in [0.25, 0.3) is 11.5 Å². The minimum Gasteiger partial charge on any atom is -0.496 e. The Morgan fingerprint density at radius 2 is 1.86 bits per heavy atom. The molecular formula is C34H28IN3O4S2. The highest BCUT2D eigenvalue weighted by atomic mass is 127. The van der Waals surface area contributed by atoms with E-state index in [1.165, 1.54) is 22.7 Å². The van der Waals surface area contributed by atoms with Gasteiger partial charge < -0.3 is 14.8 Å². The normalized spacial score (nSPS) is 14.6. The van der Waals surface area contributed by atoms with E-state index in [0.29, 0.717) is 33.0 Å². The molecule has 2 aromatic heterocycles. The summed E-state index contributed by atoms with van der Waals surface area (Å²) in [6.07, 6.45) is 1.86. The number of anilines is 1. The summed E-state index contributed by atoms with van der Waals surface area (Å²) in [6, 6.07) is 24.5. The second-order valence-electron chi connectivity index (χ2n) is 10.2.